The van der Waals surface area contributed by atoms with Crippen LogP contribution in [0.3, 0.4) is 0 Å². The van der Waals surface area contributed by atoms with Crippen molar-refractivity contribution in [3.8, 4) is 0 Å². The van der Waals surface area contributed by atoms with Crippen molar-refractivity contribution in [3.05, 3.63) is 35.1 Å². The average Bonchev–Trinajstić information content (AvgIpc) is 3.07. The minimum Gasteiger partial charge on any atom is -0.353 e. The highest BCUT2D eigenvalue weighted by molar-refractivity contribution is 5.78. The van der Waals surface area contributed by atoms with Gasteiger partial charge in [-0.3, -0.25) is 4.79 Å². The van der Waals surface area contributed by atoms with Crippen LogP contribution in [0.25, 0.3) is 0 Å². The molecule has 0 saturated heterocycles. The van der Waals surface area contributed by atoms with Gasteiger partial charge in [0.25, 0.3) is 0 Å². The molecule has 1 amide bonds. The van der Waals surface area contributed by atoms with Gasteiger partial charge >= 0.3 is 0 Å². The zero-order valence-corrected chi connectivity index (χ0v) is 11.5. The Labute approximate surface area is 113 Å². The number of nitrogens with one attached hydrogen (secondary N) is 1. The molecule has 1 N–H and O–H groups in total. The van der Waals surface area contributed by atoms with E-state index in [0.29, 0.717) is 12.5 Å². The number of halogens is 1. The molecule has 0 spiro atoms. The van der Waals surface area contributed by atoms with Gasteiger partial charge in [-0.1, -0.05) is 19.9 Å². The molecule has 102 valence electrons. The van der Waals surface area contributed by atoms with Gasteiger partial charge in [0.2, 0.25) is 5.91 Å². The summed E-state index contributed by atoms with van der Waals surface area (Å²) in [5, 5.41) is 3.02. The quantitative estimate of drug-likeness (QED) is 0.889. The van der Waals surface area contributed by atoms with Gasteiger partial charge in [0.1, 0.15) is 5.82 Å². The third-order valence-corrected chi connectivity index (χ3v) is 4.31. The molecule has 0 heterocycles. The van der Waals surface area contributed by atoms with Crippen LogP contribution in [-0.4, -0.2) is 11.9 Å². The molecule has 0 bridgehead atoms. The summed E-state index contributed by atoms with van der Waals surface area (Å²) in [6, 6.07) is 5.41. The fraction of sp³-hybridized carbons (Fsp3) is 0.562. The smallest absolute Gasteiger partial charge is 0.220 e. The molecule has 3 heteroatoms. The minimum absolute atomic E-state index is 0.0353. The first-order valence-corrected chi connectivity index (χ1v) is 7.05. The lowest BCUT2D eigenvalue weighted by molar-refractivity contribution is -0.121. The van der Waals surface area contributed by atoms with Crippen LogP contribution >= 0.6 is 0 Å². The zero-order chi connectivity index (χ0) is 13.6. The SMILES string of the molecule is CC1(C)CC(CC(=O)NC2CC2)c2cc(F)ccc21. The Morgan fingerprint density at radius 1 is 1.42 bits per heavy atom. The van der Waals surface area contributed by atoms with E-state index in [4.69, 9.17) is 0 Å². The van der Waals surface area contributed by atoms with E-state index >= 15 is 0 Å². The van der Waals surface area contributed by atoms with Gasteiger partial charge in [-0.15, -0.1) is 0 Å². The van der Waals surface area contributed by atoms with E-state index in [1.165, 1.54) is 11.6 Å². The molecule has 2 nitrogen and oxygen atoms in total. The van der Waals surface area contributed by atoms with Crippen LogP contribution in [0.2, 0.25) is 0 Å². The average molecular weight is 261 g/mol. The Balaban J connectivity index is 1.80. The van der Waals surface area contributed by atoms with Crippen molar-refractivity contribution in [2.45, 2.75) is 56.9 Å². The maximum Gasteiger partial charge on any atom is 0.220 e. The predicted molar refractivity (Wildman–Crippen MR) is 72.6 cm³/mol. The molecule has 0 radical (unpaired) electrons. The van der Waals surface area contributed by atoms with Crippen molar-refractivity contribution in [3.63, 3.8) is 0 Å². The van der Waals surface area contributed by atoms with E-state index in [2.05, 4.69) is 19.2 Å². The third kappa shape index (κ3) is 2.51. The molecule has 3 rings (SSSR count). The highest BCUT2D eigenvalue weighted by Crippen LogP contribution is 2.47. The van der Waals surface area contributed by atoms with Crippen LogP contribution in [0.4, 0.5) is 4.39 Å². The molecule has 1 unspecified atom stereocenters. The molecule has 0 aromatic heterocycles. The van der Waals surface area contributed by atoms with Crippen molar-refractivity contribution < 1.29 is 9.18 Å². The first kappa shape index (κ1) is 12.6. The highest BCUT2D eigenvalue weighted by atomic mass is 19.1. The van der Waals surface area contributed by atoms with E-state index in [-0.39, 0.29) is 23.1 Å². The van der Waals surface area contributed by atoms with Gasteiger partial charge in [-0.25, -0.2) is 4.39 Å². The van der Waals surface area contributed by atoms with Crippen molar-refractivity contribution >= 4 is 5.91 Å². The molecule has 1 aromatic carbocycles. The molecule has 2 aliphatic rings. The monoisotopic (exact) mass is 261 g/mol. The first-order valence-electron chi connectivity index (χ1n) is 7.05. The summed E-state index contributed by atoms with van der Waals surface area (Å²) in [5.41, 5.74) is 2.25. The molecule has 2 aliphatic carbocycles. The Morgan fingerprint density at radius 2 is 2.16 bits per heavy atom. The van der Waals surface area contributed by atoms with Gasteiger partial charge in [0, 0.05) is 12.5 Å². The Bertz CT molecular complexity index is 519. The number of hydrogen-bond donors (Lipinski definition) is 1. The van der Waals surface area contributed by atoms with Crippen LogP contribution < -0.4 is 5.32 Å². The second-order valence-corrected chi connectivity index (χ2v) is 6.56. The Kier molecular flexibility index (Phi) is 2.88. The zero-order valence-electron chi connectivity index (χ0n) is 11.5. The van der Waals surface area contributed by atoms with Crippen molar-refractivity contribution in [2.75, 3.05) is 0 Å². The standard InChI is InChI=1S/C16H20FNO/c1-16(2)9-10(7-15(19)18-12-4-5-12)13-8-11(17)3-6-14(13)16/h3,6,8,10,12H,4-5,7,9H2,1-2H3,(H,18,19). The minimum atomic E-state index is -0.205. The van der Waals surface area contributed by atoms with E-state index < -0.39 is 0 Å². The molecular weight excluding hydrogens is 241 g/mol. The van der Waals surface area contributed by atoms with Gasteiger partial charge in [0.15, 0.2) is 0 Å². The summed E-state index contributed by atoms with van der Waals surface area (Å²) < 4.78 is 13.4. The second-order valence-electron chi connectivity index (χ2n) is 6.56. The lowest BCUT2D eigenvalue weighted by atomic mass is 9.86. The molecule has 1 fully saturated rings. The summed E-state index contributed by atoms with van der Waals surface area (Å²) in [6.07, 6.45) is 3.61. The number of carbonyl (C=O) groups excluding carboxylic acids is 1. The molecule has 1 saturated carbocycles. The molecule has 1 aromatic rings. The maximum atomic E-state index is 13.4. The Hall–Kier alpha value is -1.38. The van der Waals surface area contributed by atoms with Gasteiger partial charge in [-0.2, -0.15) is 0 Å². The lowest BCUT2D eigenvalue weighted by Crippen LogP contribution is -2.26. The summed E-state index contributed by atoms with van der Waals surface area (Å²) in [7, 11) is 0. The Morgan fingerprint density at radius 3 is 2.84 bits per heavy atom. The fourth-order valence-corrected chi connectivity index (χ4v) is 3.24. The summed E-state index contributed by atoms with van der Waals surface area (Å²) >= 11 is 0. The van der Waals surface area contributed by atoms with E-state index in [9.17, 15) is 9.18 Å². The fourth-order valence-electron chi connectivity index (χ4n) is 3.24. The van der Waals surface area contributed by atoms with E-state index in [1.807, 2.05) is 6.07 Å². The maximum absolute atomic E-state index is 13.4. The molecule has 19 heavy (non-hydrogen) atoms. The number of carbonyl (C=O) groups is 1. The predicted octanol–water partition coefficient (Wildman–Crippen LogP) is 3.26. The van der Waals surface area contributed by atoms with Crippen LogP contribution in [-0.2, 0) is 10.2 Å². The van der Waals surface area contributed by atoms with Crippen LogP contribution in [0.5, 0.6) is 0 Å². The van der Waals surface area contributed by atoms with Crippen molar-refractivity contribution in [1.29, 1.82) is 0 Å². The van der Waals surface area contributed by atoms with Gasteiger partial charge in [0.05, 0.1) is 0 Å². The van der Waals surface area contributed by atoms with Crippen LogP contribution in [0.1, 0.15) is 56.6 Å². The number of hydrogen-bond acceptors (Lipinski definition) is 1. The van der Waals surface area contributed by atoms with Crippen molar-refractivity contribution in [2.24, 2.45) is 0 Å². The topological polar surface area (TPSA) is 29.1 Å². The lowest BCUT2D eigenvalue weighted by Gasteiger charge is -2.19. The summed E-state index contributed by atoms with van der Waals surface area (Å²) in [4.78, 5) is 12.0. The number of benzene rings is 1. The van der Waals surface area contributed by atoms with Crippen molar-refractivity contribution in [1.82, 2.24) is 5.32 Å². The van der Waals surface area contributed by atoms with E-state index in [1.54, 1.807) is 6.07 Å². The molecular formula is C16H20FNO. The second kappa shape index (κ2) is 4.32. The van der Waals surface area contributed by atoms with E-state index in [0.717, 1.165) is 24.8 Å². The number of amides is 1. The molecule has 1 atom stereocenters. The summed E-state index contributed by atoms with van der Waals surface area (Å²) in [5.74, 6) is 0.0592. The van der Waals surface area contributed by atoms with Crippen LogP contribution in [0, 0.1) is 5.82 Å². The summed E-state index contributed by atoms with van der Waals surface area (Å²) in [6.45, 7) is 4.34. The normalized spacial score (nSPS) is 24.1. The molecule has 0 aliphatic heterocycles. The number of fused-ring (bicyclic) bond motifs is 1. The van der Waals surface area contributed by atoms with Crippen LogP contribution in [0.15, 0.2) is 18.2 Å². The largest absolute Gasteiger partial charge is 0.353 e. The third-order valence-electron chi connectivity index (χ3n) is 4.31. The first-order chi connectivity index (χ1) is 8.95. The highest BCUT2D eigenvalue weighted by Gasteiger charge is 2.38. The van der Waals surface area contributed by atoms with Gasteiger partial charge < -0.3 is 5.32 Å². The van der Waals surface area contributed by atoms with Gasteiger partial charge in [-0.05, 0) is 53.9 Å². The number of rotatable bonds is 3.